The highest BCUT2D eigenvalue weighted by atomic mass is 16.5. The van der Waals surface area contributed by atoms with Gasteiger partial charge in [0.2, 0.25) is 0 Å². The maximum Gasteiger partial charge on any atom is 0.162 e. The van der Waals surface area contributed by atoms with Crippen LogP contribution in [-0.4, -0.2) is 70.8 Å². The molecule has 5 aliphatic rings. The van der Waals surface area contributed by atoms with Gasteiger partial charge in [-0.3, -0.25) is 0 Å². The van der Waals surface area contributed by atoms with Crippen LogP contribution in [0.1, 0.15) is 167 Å². The lowest BCUT2D eigenvalue weighted by molar-refractivity contribution is 0.177. The average molecular weight is 1180 g/mol. The molecule has 0 amide bonds. The van der Waals surface area contributed by atoms with Crippen molar-refractivity contribution < 1.29 is 37.9 Å². The quantitative estimate of drug-likeness (QED) is 0.0760. The molecule has 0 saturated carbocycles. The zero-order valence-corrected chi connectivity index (χ0v) is 53.4. The van der Waals surface area contributed by atoms with Crippen molar-refractivity contribution in [3.05, 3.63) is 143 Å². The van der Waals surface area contributed by atoms with E-state index >= 15 is 0 Å². The molecule has 8 atom stereocenters. The largest absolute Gasteiger partial charge is 0.496 e. The molecule has 5 heterocycles. The molecule has 9 aromatic rings. The molecule has 6 aromatic carbocycles. The summed E-state index contributed by atoms with van der Waals surface area (Å²) in [5, 5.41) is 3.83. The second-order valence-electron chi connectivity index (χ2n) is 24.6. The van der Waals surface area contributed by atoms with Crippen LogP contribution in [-0.2, 0) is 0 Å². The lowest BCUT2D eigenvalue weighted by atomic mass is 9.60. The molecule has 8 unspecified atom stereocenters. The Morgan fingerprint density at radius 3 is 0.852 bits per heavy atom. The third kappa shape index (κ3) is 10.1. The predicted octanol–water partition coefficient (Wildman–Crippen LogP) is 19.4. The predicted molar refractivity (Wildman–Crippen MR) is 355 cm³/mol. The van der Waals surface area contributed by atoms with E-state index in [2.05, 4.69) is 202 Å². The van der Waals surface area contributed by atoms with Crippen molar-refractivity contribution in [2.45, 2.75) is 170 Å². The Bertz CT molecular complexity index is 4120. The minimum atomic E-state index is -0.124. The number of hydrogen-bond acceptors (Lipinski definition) is 10. The Morgan fingerprint density at radius 1 is 0.330 bits per heavy atom. The fraction of sp³-hybridized carbons (Fsp3) is 0.368. The summed E-state index contributed by atoms with van der Waals surface area (Å²) in [6.45, 7) is 25.5. The fourth-order valence-corrected chi connectivity index (χ4v) is 12.9. The monoisotopic (exact) mass is 1180 g/mol. The molecule has 2 aliphatic heterocycles. The summed E-state index contributed by atoms with van der Waals surface area (Å²) >= 11 is 0. The first-order chi connectivity index (χ1) is 42.6. The summed E-state index contributed by atoms with van der Waals surface area (Å²) in [7, 11) is 3.54. The summed E-state index contributed by atoms with van der Waals surface area (Å²) in [6.07, 6.45) is 4.59. The van der Waals surface area contributed by atoms with Gasteiger partial charge in [-0.15, -0.1) is 0 Å². The van der Waals surface area contributed by atoms with Gasteiger partial charge in [-0.05, 0) is 187 Å². The molecule has 0 radical (unpaired) electrons. The van der Waals surface area contributed by atoms with Gasteiger partial charge in [-0.1, -0.05) is 65.8 Å². The average Bonchev–Trinajstić information content (AvgIpc) is 0.720. The van der Waals surface area contributed by atoms with Crippen molar-refractivity contribution in [1.29, 1.82) is 0 Å². The first kappa shape index (κ1) is 58.4. The van der Waals surface area contributed by atoms with Gasteiger partial charge in [-0.25, -0.2) is 9.97 Å². The molecule has 3 aromatic heterocycles. The van der Waals surface area contributed by atoms with E-state index in [9.17, 15) is 0 Å². The minimum Gasteiger partial charge on any atom is -0.496 e. The van der Waals surface area contributed by atoms with Crippen LogP contribution in [0.4, 0.5) is 0 Å². The number of H-pyrrole nitrogens is 2. The Kier molecular flexibility index (Phi) is 15.6. The molecule has 88 heavy (non-hydrogen) atoms. The molecule has 454 valence electrons. The van der Waals surface area contributed by atoms with E-state index in [4.69, 9.17) is 47.9 Å². The molecule has 0 saturated heterocycles. The van der Waals surface area contributed by atoms with Crippen molar-refractivity contribution in [3.63, 3.8) is 0 Å². The number of benzene rings is 6. The summed E-state index contributed by atoms with van der Waals surface area (Å²) in [5.74, 6) is 5.54. The first-order valence-electron chi connectivity index (χ1n) is 32.1. The number of rotatable bonds is 20. The third-order valence-corrected chi connectivity index (χ3v) is 18.8. The molecule has 0 fully saturated rings. The van der Waals surface area contributed by atoms with E-state index in [1.807, 2.05) is 0 Å². The number of methoxy groups -OCH3 is 2. The van der Waals surface area contributed by atoms with Gasteiger partial charge < -0.3 is 47.9 Å². The number of hydrogen-bond donors (Lipinski definition) is 2. The van der Waals surface area contributed by atoms with Crippen molar-refractivity contribution in [2.24, 2.45) is 0 Å². The number of nitrogens with zero attached hydrogens (tertiary/aromatic N) is 2. The van der Waals surface area contributed by atoms with E-state index in [1.165, 1.54) is 22.3 Å². The van der Waals surface area contributed by atoms with E-state index in [1.54, 1.807) is 14.2 Å². The number of fused-ring (bicyclic) bond motifs is 20. The van der Waals surface area contributed by atoms with Crippen molar-refractivity contribution in [2.75, 3.05) is 14.2 Å². The third-order valence-electron chi connectivity index (χ3n) is 18.8. The molecule has 10 bridgehead atoms. The topological polar surface area (TPSA) is 131 Å². The smallest absolute Gasteiger partial charge is 0.162 e. The summed E-state index contributed by atoms with van der Waals surface area (Å²) in [5.41, 5.74) is 17.7. The highest BCUT2D eigenvalue weighted by Crippen LogP contribution is 2.62. The number of ether oxygens (including phenoxy) is 8. The van der Waals surface area contributed by atoms with Crippen molar-refractivity contribution >= 4 is 43.6 Å². The maximum atomic E-state index is 6.80. The lowest BCUT2D eigenvalue weighted by Gasteiger charge is -2.43. The van der Waals surface area contributed by atoms with Gasteiger partial charge in [0, 0.05) is 88.8 Å². The highest BCUT2D eigenvalue weighted by molar-refractivity contribution is 6.12. The van der Waals surface area contributed by atoms with Gasteiger partial charge in [-0.2, -0.15) is 0 Å². The minimum absolute atomic E-state index is 0.0601. The van der Waals surface area contributed by atoms with Crippen LogP contribution in [0.3, 0.4) is 0 Å². The zero-order valence-electron chi connectivity index (χ0n) is 53.4. The standard InChI is InChI=1S/C76H82N4O8/c1-15-39(7)83-67-29-49-51(31-69(67)85-41(9)17-3)61-37-63-53-33-71(87-43(11)19-5)72(88-44(12)20-6)34-54(53)64(80-63)38-62-52-32-70(86-42(10)18-4)68(84-40(8)16-2)30-50(52)60(79-62)36-58-48-28-56-55(27-47(48)57(77-58)35-59(49)78-61)73-45-23-21-22-24-46(45)74(56)76-66(82-14)26-25-65(81-13)75(73)76/h21-44,73-74,78-79H,15-20H2,1-14H3. The first-order valence-corrected chi connectivity index (χ1v) is 32.1. The van der Waals surface area contributed by atoms with Gasteiger partial charge in [0.25, 0.3) is 0 Å². The van der Waals surface area contributed by atoms with Gasteiger partial charge in [0.15, 0.2) is 34.5 Å². The van der Waals surface area contributed by atoms with E-state index in [-0.39, 0.29) is 48.5 Å². The maximum absolute atomic E-state index is 6.80. The number of aromatic amines is 2. The molecule has 3 aliphatic carbocycles. The Morgan fingerprint density at radius 2 is 0.591 bits per heavy atom. The molecular weight excluding hydrogens is 1100 g/mol. The van der Waals surface area contributed by atoms with E-state index in [0.29, 0.717) is 34.5 Å². The van der Waals surface area contributed by atoms with Crippen molar-refractivity contribution in [3.8, 4) is 91.0 Å². The molecule has 14 rings (SSSR count). The van der Waals surface area contributed by atoms with Crippen LogP contribution in [0.2, 0.25) is 0 Å². The van der Waals surface area contributed by atoms with Crippen LogP contribution >= 0.6 is 0 Å². The molecular formula is C76H82N4O8. The molecule has 12 nitrogen and oxygen atoms in total. The van der Waals surface area contributed by atoms with Crippen LogP contribution in [0.15, 0.2) is 109 Å². The van der Waals surface area contributed by atoms with Crippen LogP contribution < -0.4 is 37.9 Å². The Hall–Kier alpha value is -8.64. The number of nitrogens with one attached hydrogen (secondary N) is 2. The van der Waals surface area contributed by atoms with Crippen molar-refractivity contribution in [1.82, 2.24) is 19.9 Å². The SMILES string of the molecule is CCC(C)Oc1cc2c(cc1OC(C)CC)-c1cc3[nH]c(cc4nc(cc5[nH]c(cc-2n1)c1cc(OC(C)CC)c(OC(C)CC)cc51)-c1cc2c(cc1-4)C1c4ccccc4C2c2c(OC)ccc(OC)c21)c1cc(OC(C)CC)c(OC(C)CC)cc31. The zero-order chi connectivity index (χ0) is 61.4. The van der Waals surface area contributed by atoms with Gasteiger partial charge in [0.1, 0.15) is 11.5 Å². The van der Waals surface area contributed by atoms with Gasteiger partial charge >= 0.3 is 0 Å². The van der Waals surface area contributed by atoms with E-state index in [0.717, 1.165) is 150 Å². The lowest BCUT2D eigenvalue weighted by Crippen LogP contribution is -2.28. The van der Waals surface area contributed by atoms with Crippen LogP contribution in [0, 0.1) is 0 Å². The Balaban J connectivity index is 1.18. The number of aromatic nitrogens is 4. The van der Waals surface area contributed by atoms with Crippen LogP contribution in [0.5, 0.6) is 46.0 Å². The second kappa shape index (κ2) is 23.5. The molecule has 0 spiro atoms. The summed E-state index contributed by atoms with van der Waals surface area (Å²) in [4.78, 5) is 19.4. The fourth-order valence-electron chi connectivity index (χ4n) is 12.9. The van der Waals surface area contributed by atoms with Gasteiger partial charge in [0.05, 0.1) is 73.6 Å². The van der Waals surface area contributed by atoms with E-state index < -0.39 is 0 Å². The second-order valence-corrected chi connectivity index (χ2v) is 24.6. The molecule has 2 N–H and O–H groups in total. The summed E-state index contributed by atoms with van der Waals surface area (Å²) in [6, 6.07) is 39.4. The molecule has 12 heteroatoms. The normalized spacial score (nSPS) is 16.3. The van der Waals surface area contributed by atoms with Crippen LogP contribution in [0.25, 0.3) is 88.6 Å². The summed E-state index contributed by atoms with van der Waals surface area (Å²) < 4.78 is 53.2. The highest BCUT2D eigenvalue weighted by Gasteiger charge is 2.46. The Labute approximate surface area is 516 Å².